The summed E-state index contributed by atoms with van der Waals surface area (Å²) in [5.41, 5.74) is 1.25. The van der Waals surface area contributed by atoms with E-state index in [2.05, 4.69) is 25.5 Å². The molecule has 0 radical (unpaired) electrons. The summed E-state index contributed by atoms with van der Waals surface area (Å²) in [5.74, 6) is 1.51. The molecule has 3 N–H and O–H groups in total. The van der Waals surface area contributed by atoms with Crippen LogP contribution < -0.4 is 5.32 Å². The van der Waals surface area contributed by atoms with Gasteiger partial charge in [0.25, 0.3) is 0 Å². The maximum Gasteiger partial charge on any atom is 0.178 e. The summed E-state index contributed by atoms with van der Waals surface area (Å²) in [5, 5.41) is 20.4. The van der Waals surface area contributed by atoms with Gasteiger partial charge in [0, 0.05) is 23.2 Å². The zero-order valence-electron chi connectivity index (χ0n) is 17.2. The number of aromatic amines is 1. The number of nitrogens with one attached hydrogen (secondary N) is 2. The van der Waals surface area contributed by atoms with E-state index < -0.39 is 9.84 Å². The number of hydrogen-bond acceptors (Lipinski definition) is 7. The van der Waals surface area contributed by atoms with Crippen LogP contribution in [0.3, 0.4) is 0 Å². The summed E-state index contributed by atoms with van der Waals surface area (Å²) in [4.78, 5) is 8.78. The second-order valence-electron chi connectivity index (χ2n) is 8.88. The van der Waals surface area contributed by atoms with Gasteiger partial charge >= 0.3 is 0 Å². The lowest BCUT2D eigenvalue weighted by Gasteiger charge is -2.18. The molecule has 1 fully saturated rings. The van der Waals surface area contributed by atoms with Crippen LogP contribution in [0, 0.1) is 5.41 Å². The van der Waals surface area contributed by atoms with Crippen molar-refractivity contribution in [1.29, 1.82) is 0 Å². The zero-order chi connectivity index (χ0) is 21.5. The largest absolute Gasteiger partial charge is 0.503 e. The highest BCUT2D eigenvalue weighted by Gasteiger charge is 2.26. The van der Waals surface area contributed by atoms with Gasteiger partial charge in [-0.25, -0.2) is 18.4 Å². The molecule has 0 bridgehead atoms. The van der Waals surface area contributed by atoms with Crippen molar-refractivity contribution < 1.29 is 13.5 Å². The Kier molecular flexibility index (Phi) is 5.01. The molecule has 1 aromatic carbocycles. The molecule has 30 heavy (non-hydrogen) atoms. The number of aromatic nitrogens is 4. The molecule has 0 unspecified atom stereocenters. The molecular formula is C21H25N5O3S. The second kappa shape index (κ2) is 7.39. The van der Waals surface area contributed by atoms with E-state index in [9.17, 15) is 13.5 Å². The highest BCUT2D eigenvalue weighted by atomic mass is 32.2. The van der Waals surface area contributed by atoms with E-state index in [0.29, 0.717) is 23.1 Å². The summed E-state index contributed by atoms with van der Waals surface area (Å²) in [6, 6.07) is 8.46. The van der Waals surface area contributed by atoms with Gasteiger partial charge in [-0.3, -0.25) is 5.10 Å². The van der Waals surface area contributed by atoms with Crippen molar-refractivity contribution in [3.63, 3.8) is 0 Å². The third-order valence-corrected chi connectivity index (χ3v) is 6.92. The predicted molar refractivity (Wildman–Crippen MR) is 114 cm³/mol. The summed E-state index contributed by atoms with van der Waals surface area (Å²) in [6.45, 7) is 5.66. The van der Waals surface area contributed by atoms with E-state index >= 15 is 0 Å². The third-order valence-electron chi connectivity index (χ3n) is 4.71. The van der Waals surface area contributed by atoms with Crippen LogP contribution in [-0.4, -0.2) is 39.4 Å². The van der Waals surface area contributed by atoms with Gasteiger partial charge in [0.15, 0.2) is 33.0 Å². The van der Waals surface area contributed by atoms with Crippen molar-refractivity contribution >= 4 is 21.5 Å². The molecule has 1 saturated carbocycles. The Balaban J connectivity index is 1.62. The normalized spacial score (nSPS) is 14.6. The van der Waals surface area contributed by atoms with Crippen LogP contribution in [0.5, 0.6) is 5.75 Å². The Bertz CT molecular complexity index is 1180. The first-order valence-electron chi connectivity index (χ1n) is 9.82. The first-order valence-corrected chi connectivity index (χ1v) is 11.5. The topological polar surface area (TPSA) is 121 Å². The van der Waals surface area contributed by atoms with Gasteiger partial charge in [-0.05, 0) is 30.4 Å². The monoisotopic (exact) mass is 427 g/mol. The molecule has 158 valence electrons. The lowest BCUT2D eigenvalue weighted by atomic mass is 10.0. The molecule has 1 aliphatic rings. The number of aromatic hydroxyl groups is 1. The Labute approximate surface area is 175 Å². The Morgan fingerprint density at radius 2 is 2.00 bits per heavy atom. The van der Waals surface area contributed by atoms with Crippen LogP contribution in [0.15, 0.2) is 41.4 Å². The molecule has 9 heteroatoms. The summed E-state index contributed by atoms with van der Waals surface area (Å²) < 4.78 is 25.5. The Morgan fingerprint density at radius 3 is 2.70 bits per heavy atom. The molecule has 4 rings (SSSR count). The van der Waals surface area contributed by atoms with E-state index in [0.717, 1.165) is 18.5 Å². The highest BCUT2D eigenvalue weighted by Crippen LogP contribution is 2.40. The number of sulfone groups is 1. The third kappa shape index (κ3) is 4.62. The molecule has 0 atom stereocenters. The van der Waals surface area contributed by atoms with Gasteiger partial charge in [-0.15, -0.1) is 0 Å². The van der Waals surface area contributed by atoms with E-state index in [1.54, 1.807) is 24.3 Å². The second-order valence-corrected chi connectivity index (χ2v) is 10.9. The fraction of sp³-hybridized carbons (Fsp3) is 0.381. The van der Waals surface area contributed by atoms with Crippen LogP contribution in [-0.2, 0) is 9.84 Å². The van der Waals surface area contributed by atoms with E-state index in [1.807, 2.05) is 26.8 Å². The van der Waals surface area contributed by atoms with Gasteiger partial charge in [0.05, 0.1) is 16.8 Å². The fourth-order valence-electron chi connectivity index (χ4n) is 3.21. The van der Waals surface area contributed by atoms with Crippen molar-refractivity contribution in [2.24, 2.45) is 5.41 Å². The molecule has 2 heterocycles. The lowest BCUT2D eigenvalue weighted by Crippen LogP contribution is -2.20. The van der Waals surface area contributed by atoms with Crippen LogP contribution in [0.1, 0.15) is 45.2 Å². The minimum atomic E-state index is -3.45. The molecule has 0 spiro atoms. The number of benzene rings is 1. The number of H-pyrrole nitrogens is 1. The lowest BCUT2D eigenvalue weighted by molar-refractivity contribution is 0.461. The number of anilines is 2. The van der Waals surface area contributed by atoms with Gasteiger partial charge in [-0.1, -0.05) is 32.9 Å². The van der Waals surface area contributed by atoms with Gasteiger partial charge in [0.2, 0.25) is 0 Å². The van der Waals surface area contributed by atoms with Crippen LogP contribution in [0.4, 0.5) is 11.6 Å². The smallest absolute Gasteiger partial charge is 0.178 e. The van der Waals surface area contributed by atoms with Crippen molar-refractivity contribution in [2.75, 3.05) is 11.1 Å². The fourth-order valence-corrected chi connectivity index (χ4v) is 5.11. The van der Waals surface area contributed by atoms with Crippen molar-refractivity contribution in [1.82, 2.24) is 20.2 Å². The first kappa shape index (κ1) is 20.3. The van der Waals surface area contributed by atoms with Crippen LogP contribution >= 0.6 is 0 Å². The molecule has 0 aliphatic heterocycles. The number of hydrogen-bond donors (Lipinski definition) is 3. The van der Waals surface area contributed by atoms with E-state index in [-0.39, 0.29) is 27.6 Å². The average Bonchev–Trinajstić information content (AvgIpc) is 3.41. The van der Waals surface area contributed by atoms with Crippen LogP contribution in [0.2, 0.25) is 0 Å². The van der Waals surface area contributed by atoms with Crippen molar-refractivity contribution in [3.8, 4) is 17.1 Å². The molecular weight excluding hydrogens is 402 g/mol. The predicted octanol–water partition coefficient (Wildman–Crippen LogP) is 4.01. The quantitative estimate of drug-likeness (QED) is 0.543. The minimum Gasteiger partial charge on any atom is -0.503 e. The summed E-state index contributed by atoms with van der Waals surface area (Å²) in [6.07, 6.45) is 3.59. The summed E-state index contributed by atoms with van der Waals surface area (Å²) in [7, 11) is -3.45. The van der Waals surface area contributed by atoms with Crippen molar-refractivity contribution in [2.45, 2.75) is 44.4 Å². The van der Waals surface area contributed by atoms with Crippen molar-refractivity contribution in [3.05, 3.63) is 42.2 Å². The Hall–Kier alpha value is -2.94. The maximum absolute atomic E-state index is 12.8. The number of rotatable bonds is 6. The average molecular weight is 428 g/mol. The van der Waals surface area contributed by atoms with Gasteiger partial charge in [0.1, 0.15) is 0 Å². The zero-order valence-corrected chi connectivity index (χ0v) is 18.0. The molecule has 3 aromatic rings. The standard InChI is InChI=1S/C21H25N5O3S/c1-21(2,3)12-30(28,29)15-6-4-5-14(9-15)19-22-11-17(27)20(24-19)23-18-10-16(25-26-18)13-7-8-13/h4-6,9-11,13,27H,7-8,12H2,1-3H3,(H2,22,23,24,25,26). The minimum absolute atomic E-state index is 0.0369. The SMILES string of the molecule is CC(C)(C)CS(=O)(=O)c1cccc(-c2ncc(O)c(Nc3cc(C4CC4)[nH]n3)n2)c1. The summed E-state index contributed by atoms with van der Waals surface area (Å²) >= 11 is 0. The molecule has 2 aromatic heterocycles. The molecule has 1 aliphatic carbocycles. The highest BCUT2D eigenvalue weighted by molar-refractivity contribution is 7.91. The van der Waals surface area contributed by atoms with Gasteiger partial charge < -0.3 is 10.4 Å². The maximum atomic E-state index is 12.8. The van der Waals surface area contributed by atoms with E-state index in [1.165, 1.54) is 6.20 Å². The Morgan fingerprint density at radius 1 is 1.23 bits per heavy atom. The molecule has 0 saturated heterocycles. The molecule has 0 amide bonds. The molecule has 8 nitrogen and oxygen atoms in total. The van der Waals surface area contributed by atoms with E-state index in [4.69, 9.17) is 0 Å². The van der Waals surface area contributed by atoms with Crippen LogP contribution in [0.25, 0.3) is 11.4 Å². The first-order chi connectivity index (χ1) is 14.1. The number of nitrogens with zero attached hydrogens (tertiary/aromatic N) is 3. The van der Waals surface area contributed by atoms with Gasteiger partial charge in [-0.2, -0.15) is 5.10 Å².